The van der Waals surface area contributed by atoms with Crippen LogP contribution in [0.2, 0.25) is 0 Å². The zero-order valence-corrected chi connectivity index (χ0v) is 10.9. The lowest BCUT2D eigenvalue weighted by molar-refractivity contribution is -0.159. The molecule has 6 bridgehead atoms. The van der Waals surface area contributed by atoms with Gasteiger partial charge in [-0.15, -0.1) is 0 Å². The van der Waals surface area contributed by atoms with Gasteiger partial charge in [0, 0.05) is 0 Å². The molecule has 4 unspecified atom stereocenters. The third-order valence-electron chi connectivity index (χ3n) is 6.34. The van der Waals surface area contributed by atoms with Crippen molar-refractivity contribution in [2.45, 2.75) is 26.7 Å². The number of hydrogen-bond donors (Lipinski definition) is 0. The molecule has 0 spiro atoms. The molecule has 5 atom stereocenters. The molecule has 0 N–H and O–H groups in total. The van der Waals surface area contributed by atoms with Crippen molar-refractivity contribution in [3.63, 3.8) is 0 Å². The number of carbonyl (C=O) groups is 2. The second-order valence-electron chi connectivity index (χ2n) is 7.16. The summed E-state index contributed by atoms with van der Waals surface area (Å²) in [5, 5.41) is 0. The second-order valence-corrected chi connectivity index (χ2v) is 7.16. The highest BCUT2D eigenvalue weighted by Gasteiger charge is 2.76. The van der Waals surface area contributed by atoms with E-state index in [0.29, 0.717) is 12.4 Å². The maximum atomic E-state index is 12.1. The molecule has 3 nitrogen and oxygen atoms in total. The van der Waals surface area contributed by atoms with Crippen LogP contribution < -0.4 is 0 Å². The fourth-order valence-corrected chi connectivity index (χ4v) is 5.78. The maximum absolute atomic E-state index is 12.1. The van der Waals surface area contributed by atoms with Crippen LogP contribution in [-0.4, -0.2) is 12.4 Å². The molecule has 5 fully saturated rings. The van der Waals surface area contributed by atoms with Gasteiger partial charge >= 0.3 is 12.4 Å². The topological polar surface area (TPSA) is 43.4 Å². The molecule has 0 saturated heterocycles. The molecule has 3 heteroatoms. The Morgan fingerprint density at radius 3 is 2.00 bits per heavy atom. The Hall–Kier alpha value is -0.860. The van der Waals surface area contributed by atoms with Crippen molar-refractivity contribution in [3.8, 4) is 0 Å². The van der Waals surface area contributed by atoms with Gasteiger partial charge < -0.3 is 4.74 Å². The third kappa shape index (κ3) is 1.20. The predicted molar refractivity (Wildman–Crippen MR) is 64.1 cm³/mol. The molecule has 5 aliphatic carbocycles. The van der Waals surface area contributed by atoms with E-state index in [1.807, 2.05) is 0 Å². The summed E-state index contributed by atoms with van der Waals surface area (Å²) in [7, 11) is 0. The summed E-state index contributed by atoms with van der Waals surface area (Å²) in [6.45, 7) is 4.48. The Morgan fingerprint density at radius 2 is 1.61 bits per heavy atom. The van der Waals surface area contributed by atoms with Crippen LogP contribution in [0.3, 0.4) is 0 Å². The average molecular weight is 248 g/mol. The number of esters is 1. The van der Waals surface area contributed by atoms with Crippen molar-refractivity contribution in [1.82, 2.24) is 0 Å². The first-order valence-corrected chi connectivity index (χ1v) is 7.29. The molecule has 0 aromatic heterocycles. The third-order valence-corrected chi connectivity index (χ3v) is 6.34. The van der Waals surface area contributed by atoms with Gasteiger partial charge in [0.1, 0.15) is 0 Å². The summed E-state index contributed by atoms with van der Waals surface area (Å²) < 4.78 is 4.68. The van der Waals surface area contributed by atoms with Crippen LogP contribution >= 0.6 is 0 Å². The molecule has 0 aromatic carbocycles. The van der Waals surface area contributed by atoms with E-state index >= 15 is 0 Å². The van der Waals surface area contributed by atoms with Crippen LogP contribution in [0.5, 0.6) is 0 Å². The summed E-state index contributed by atoms with van der Waals surface area (Å²) in [6.07, 6.45) is 2.85. The van der Waals surface area contributed by atoms with Crippen molar-refractivity contribution >= 4 is 12.4 Å². The monoisotopic (exact) mass is 248 g/mol. The Balaban J connectivity index is 1.61. The molecule has 18 heavy (non-hydrogen) atoms. The van der Waals surface area contributed by atoms with Gasteiger partial charge in [-0.3, -0.25) is 9.59 Å². The van der Waals surface area contributed by atoms with E-state index in [0.717, 1.165) is 35.5 Å². The molecule has 5 saturated carbocycles. The van der Waals surface area contributed by atoms with E-state index in [1.54, 1.807) is 0 Å². The molecule has 0 heterocycles. The molecule has 5 aliphatic rings. The first kappa shape index (κ1) is 11.0. The van der Waals surface area contributed by atoms with Gasteiger partial charge in [0.05, 0.1) is 5.92 Å². The standard InChI is InChI=1S/C15H20O3/c1-6(2)11(15(17)18-5-16)14-12-7-3-8-10(13(8)14)4-9(7)12/h5-14H,3-4H2,1-2H3/t7?,8?,9?,10?,11-,12?,13?,14?/m0/s1. The summed E-state index contributed by atoms with van der Waals surface area (Å²) >= 11 is 0. The molecular formula is C15H20O3. The Bertz CT molecular complexity index is 378. The lowest BCUT2D eigenvalue weighted by atomic mass is 9.72. The Labute approximate surface area is 107 Å². The smallest absolute Gasteiger partial charge is 0.316 e. The molecule has 0 amide bonds. The Kier molecular flexibility index (Phi) is 2.06. The van der Waals surface area contributed by atoms with Crippen LogP contribution in [0.4, 0.5) is 0 Å². The summed E-state index contributed by atoms with van der Waals surface area (Å²) in [5.41, 5.74) is 0. The van der Waals surface area contributed by atoms with Crippen LogP contribution in [0.25, 0.3) is 0 Å². The average Bonchev–Trinajstić information content (AvgIpc) is 3.18. The Morgan fingerprint density at radius 1 is 1.11 bits per heavy atom. The van der Waals surface area contributed by atoms with E-state index in [4.69, 9.17) is 0 Å². The number of hydrogen-bond acceptors (Lipinski definition) is 3. The van der Waals surface area contributed by atoms with Crippen LogP contribution in [-0.2, 0) is 14.3 Å². The fourth-order valence-electron chi connectivity index (χ4n) is 5.78. The van der Waals surface area contributed by atoms with E-state index in [2.05, 4.69) is 18.6 Å². The summed E-state index contributed by atoms with van der Waals surface area (Å²) in [4.78, 5) is 22.5. The van der Waals surface area contributed by atoms with Gasteiger partial charge in [0.2, 0.25) is 0 Å². The van der Waals surface area contributed by atoms with Gasteiger partial charge in [0.15, 0.2) is 0 Å². The number of rotatable bonds is 4. The number of ether oxygens (including phenoxy) is 1. The van der Waals surface area contributed by atoms with Gasteiger partial charge in [-0.2, -0.15) is 0 Å². The summed E-state index contributed by atoms with van der Waals surface area (Å²) in [5.74, 6) is 5.63. The van der Waals surface area contributed by atoms with E-state index in [9.17, 15) is 9.59 Å². The molecule has 0 aromatic rings. The SMILES string of the molecule is CC(C)[C@H](C(=O)OC=O)C1C2C3CC4C(CC32)C41. The second kappa shape index (κ2) is 3.37. The molecule has 98 valence electrons. The van der Waals surface area contributed by atoms with E-state index in [1.165, 1.54) is 12.8 Å². The molecule has 0 aliphatic heterocycles. The lowest BCUT2D eigenvalue weighted by Gasteiger charge is -2.32. The minimum Gasteiger partial charge on any atom is -0.395 e. The van der Waals surface area contributed by atoms with Crippen molar-refractivity contribution in [1.29, 1.82) is 0 Å². The number of carbonyl (C=O) groups excluding carboxylic acids is 2. The molecule has 0 radical (unpaired) electrons. The normalized spacial score (nSPS) is 51.6. The van der Waals surface area contributed by atoms with Crippen molar-refractivity contribution in [2.24, 2.45) is 53.3 Å². The van der Waals surface area contributed by atoms with Crippen LogP contribution in [0.15, 0.2) is 0 Å². The van der Waals surface area contributed by atoms with Gasteiger partial charge in [-0.05, 0) is 60.2 Å². The highest BCUT2D eigenvalue weighted by atomic mass is 16.6. The predicted octanol–water partition coefficient (Wildman–Crippen LogP) is 2.11. The molecular weight excluding hydrogens is 228 g/mol. The van der Waals surface area contributed by atoms with E-state index < -0.39 is 0 Å². The zero-order chi connectivity index (χ0) is 12.6. The van der Waals surface area contributed by atoms with E-state index in [-0.39, 0.29) is 17.8 Å². The summed E-state index contributed by atoms with van der Waals surface area (Å²) in [6, 6.07) is 0. The minimum absolute atomic E-state index is 0.0502. The van der Waals surface area contributed by atoms with Gasteiger partial charge in [0.25, 0.3) is 0 Å². The lowest BCUT2D eigenvalue weighted by Crippen LogP contribution is -2.35. The van der Waals surface area contributed by atoms with Crippen LogP contribution in [0.1, 0.15) is 26.7 Å². The highest BCUT2D eigenvalue weighted by Crippen LogP contribution is 2.80. The minimum atomic E-state index is -0.275. The zero-order valence-electron chi connectivity index (χ0n) is 10.9. The molecule has 5 rings (SSSR count). The highest BCUT2D eigenvalue weighted by molar-refractivity contribution is 5.79. The maximum Gasteiger partial charge on any atom is 0.316 e. The van der Waals surface area contributed by atoms with Crippen molar-refractivity contribution in [2.75, 3.05) is 0 Å². The van der Waals surface area contributed by atoms with Gasteiger partial charge in [-0.25, -0.2) is 0 Å². The van der Waals surface area contributed by atoms with Gasteiger partial charge in [-0.1, -0.05) is 13.8 Å². The largest absolute Gasteiger partial charge is 0.395 e. The quantitative estimate of drug-likeness (QED) is 0.435. The van der Waals surface area contributed by atoms with Crippen molar-refractivity contribution < 1.29 is 14.3 Å². The first-order chi connectivity index (χ1) is 8.65. The first-order valence-electron chi connectivity index (χ1n) is 7.29. The fraction of sp³-hybridized carbons (Fsp3) is 0.867. The van der Waals surface area contributed by atoms with Crippen LogP contribution in [0, 0.1) is 53.3 Å². The van der Waals surface area contributed by atoms with Crippen molar-refractivity contribution in [3.05, 3.63) is 0 Å².